The molecule has 1 N–H and O–H groups in total. The first-order valence-corrected chi connectivity index (χ1v) is 16.3. The lowest BCUT2D eigenvalue weighted by atomic mass is 9.99. The van der Waals surface area contributed by atoms with E-state index in [0.29, 0.717) is 39.6 Å². The smallest absolute Gasteiger partial charge is 0.115 e. The molecule has 0 fully saturated rings. The maximum atomic E-state index is 6.87. The van der Waals surface area contributed by atoms with Crippen molar-refractivity contribution in [1.82, 2.24) is 5.32 Å². The van der Waals surface area contributed by atoms with Gasteiger partial charge in [-0.1, -0.05) is 158 Å². The van der Waals surface area contributed by atoms with Gasteiger partial charge in [0.05, 0.1) is 39.1 Å². The molecule has 5 aromatic carbocycles. The first-order chi connectivity index (χ1) is 23.3. The summed E-state index contributed by atoms with van der Waals surface area (Å²) in [5, 5.41) is 3.77. The lowest BCUT2D eigenvalue weighted by Gasteiger charge is -2.37. The Balaban J connectivity index is 1.45. The molecule has 4 atom stereocenters. The maximum absolute atomic E-state index is 6.87. The zero-order valence-corrected chi connectivity index (χ0v) is 26.9. The van der Waals surface area contributed by atoms with Gasteiger partial charge in [-0.2, -0.15) is 0 Å². The molecule has 5 rings (SSSR count). The second-order valence-electron chi connectivity index (χ2n) is 11.5. The van der Waals surface area contributed by atoms with E-state index in [0.717, 1.165) is 22.3 Å². The Morgan fingerprint density at radius 3 is 1.30 bits per heavy atom. The summed E-state index contributed by atoms with van der Waals surface area (Å²) in [6, 6.07) is 50.9. The SMILES string of the molecule is C=C[C@H](OCc1ccccc1)[C@@H](OCc1ccccc1)[C@H](OCc1ccccc1)[C@@H](COCc1ccccc1)NCc1ccccc1. The van der Waals surface area contributed by atoms with Crippen LogP contribution in [0.15, 0.2) is 164 Å². The van der Waals surface area contributed by atoms with Crippen molar-refractivity contribution in [3.05, 3.63) is 192 Å². The molecule has 0 aliphatic heterocycles. The molecule has 5 heteroatoms. The monoisotopic (exact) mass is 627 g/mol. The van der Waals surface area contributed by atoms with E-state index >= 15 is 0 Å². The average molecular weight is 628 g/mol. The third-order valence-corrected chi connectivity index (χ3v) is 7.95. The minimum Gasteiger partial charge on any atom is -0.375 e. The minimum absolute atomic E-state index is 0.244. The van der Waals surface area contributed by atoms with E-state index in [2.05, 4.69) is 84.7 Å². The Bertz CT molecular complexity index is 1530. The number of hydrogen-bond acceptors (Lipinski definition) is 5. The third kappa shape index (κ3) is 11.4. The van der Waals surface area contributed by atoms with Crippen LogP contribution in [-0.2, 0) is 51.9 Å². The molecule has 0 amide bonds. The van der Waals surface area contributed by atoms with Crippen LogP contribution < -0.4 is 5.32 Å². The molecular formula is C42H45NO4. The zero-order chi connectivity index (χ0) is 32.4. The highest BCUT2D eigenvalue weighted by Gasteiger charge is 2.37. The van der Waals surface area contributed by atoms with E-state index in [1.807, 2.05) is 84.9 Å². The van der Waals surface area contributed by atoms with Crippen LogP contribution in [0.25, 0.3) is 0 Å². The number of rotatable bonds is 20. The van der Waals surface area contributed by atoms with Gasteiger partial charge in [0, 0.05) is 6.54 Å². The second-order valence-corrected chi connectivity index (χ2v) is 11.5. The van der Waals surface area contributed by atoms with Gasteiger partial charge in [-0.15, -0.1) is 6.58 Å². The van der Waals surface area contributed by atoms with Gasteiger partial charge in [-0.05, 0) is 27.8 Å². The highest BCUT2D eigenvalue weighted by molar-refractivity contribution is 5.18. The predicted octanol–water partition coefficient (Wildman–Crippen LogP) is 8.30. The second kappa shape index (κ2) is 19.3. The van der Waals surface area contributed by atoms with Crippen molar-refractivity contribution in [2.24, 2.45) is 0 Å². The van der Waals surface area contributed by atoms with Crippen LogP contribution in [0.2, 0.25) is 0 Å². The lowest BCUT2D eigenvalue weighted by molar-refractivity contribution is -0.153. The number of ether oxygens (including phenoxy) is 4. The number of nitrogens with one attached hydrogen (secondary N) is 1. The molecule has 0 unspecified atom stereocenters. The van der Waals surface area contributed by atoms with Gasteiger partial charge in [0.2, 0.25) is 0 Å². The van der Waals surface area contributed by atoms with Crippen LogP contribution in [0.4, 0.5) is 0 Å². The van der Waals surface area contributed by atoms with Gasteiger partial charge < -0.3 is 24.3 Å². The van der Waals surface area contributed by atoms with Gasteiger partial charge in [-0.25, -0.2) is 0 Å². The molecule has 0 aliphatic rings. The fourth-order valence-corrected chi connectivity index (χ4v) is 5.41. The Labute approximate surface area is 279 Å². The van der Waals surface area contributed by atoms with Crippen LogP contribution in [0.3, 0.4) is 0 Å². The highest BCUT2D eigenvalue weighted by atomic mass is 16.6. The topological polar surface area (TPSA) is 49.0 Å². The molecule has 47 heavy (non-hydrogen) atoms. The summed E-state index contributed by atoms with van der Waals surface area (Å²) in [4.78, 5) is 0. The molecule has 242 valence electrons. The van der Waals surface area contributed by atoms with E-state index in [-0.39, 0.29) is 6.04 Å². The van der Waals surface area contributed by atoms with Crippen molar-refractivity contribution in [3.8, 4) is 0 Å². The van der Waals surface area contributed by atoms with Crippen molar-refractivity contribution in [2.45, 2.75) is 57.3 Å². The summed E-state index contributed by atoms with van der Waals surface area (Å²) in [6.45, 7) is 6.93. The van der Waals surface area contributed by atoms with Crippen molar-refractivity contribution < 1.29 is 18.9 Å². The summed E-state index contributed by atoms with van der Waals surface area (Å²) in [5.41, 5.74) is 5.51. The van der Waals surface area contributed by atoms with Crippen molar-refractivity contribution in [3.63, 3.8) is 0 Å². The molecule has 0 aliphatic carbocycles. The minimum atomic E-state index is -0.506. The number of hydrogen-bond donors (Lipinski definition) is 1. The molecule has 0 radical (unpaired) electrons. The summed E-state index contributed by atoms with van der Waals surface area (Å²) >= 11 is 0. The van der Waals surface area contributed by atoms with Gasteiger partial charge in [0.25, 0.3) is 0 Å². The highest BCUT2D eigenvalue weighted by Crippen LogP contribution is 2.23. The first-order valence-electron chi connectivity index (χ1n) is 16.3. The van der Waals surface area contributed by atoms with Crippen molar-refractivity contribution >= 4 is 0 Å². The molecule has 0 heterocycles. The Hall–Kier alpha value is -4.36. The molecule has 0 spiro atoms. The normalized spacial score (nSPS) is 13.8. The molecule has 0 aromatic heterocycles. The van der Waals surface area contributed by atoms with Crippen LogP contribution in [0.5, 0.6) is 0 Å². The van der Waals surface area contributed by atoms with Crippen LogP contribution >= 0.6 is 0 Å². The molecular weight excluding hydrogens is 582 g/mol. The zero-order valence-electron chi connectivity index (χ0n) is 26.9. The summed E-state index contributed by atoms with van der Waals surface area (Å²) < 4.78 is 26.6. The standard InChI is InChI=1S/C42H45NO4/c1-2-40(45-30-36-22-12-5-13-23-36)42(47-32-38-26-16-7-17-27-38)41(46-31-37-24-14-6-15-25-37)39(43-28-34-18-8-3-9-19-34)33-44-29-35-20-10-4-11-21-35/h2-27,39-43H,1,28-33H2/t39-,40+,41-,42-/m1/s1. The van der Waals surface area contributed by atoms with Crippen LogP contribution in [0.1, 0.15) is 27.8 Å². The van der Waals surface area contributed by atoms with E-state index in [1.165, 1.54) is 5.56 Å². The largest absolute Gasteiger partial charge is 0.375 e. The van der Waals surface area contributed by atoms with E-state index in [4.69, 9.17) is 18.9 Å². The average Bonchev–Trinajstić information content (AvgIpc) is 3.14. The van der Waals surface area contributed by atoms with Crippen LogP contribution in [0, 0.1) is 0 Å². The van der Waals surface area contributed by atoms with E-state index in [9.17, 15) is 0 Å². The Morgan fingerprint density at radius 2 is 0.851 bits per heavy atom. The van der Waals surface area contributed by atoms with Crippen LogP contribution in [-0.4, -0.2) is 31.0 Å². The Morgan fingerprint density at radius 1 is 0.468 bits per heavy atom. The van der Waals surface area contributed by atoms with Crippen molar-refractivity contribution in [2.75, 3.05) is 6.61 Å². The van der Waals surface area contributed by atoms with E-state index < -0.39 is 18.3 Å². The fraction of sp³-hybridized carbons (Fsp3) is 0.238. The summed E-state index contributed by atoms with van der Waals surface area (Å²) in [7, 11) is 0. The lowest BCUT2D eigenvalue weighted by Crippen LogP contribution is -2.54. The fourth-order valence-electron chi connectivity index (χ4n) is 5.41. The Kier molecular flexibility index (Phi) is 14.0. The van der Waals surface area contributed by atoms with E-state index in [1.54, 1.807) is 0 Å². The van der Waals surface area contributed by atoms with Gasteiger partial charge in [-0.3, -0.25) is 0 Å². The summed E-state index contributed by atoms with van der Waals surface area (Å²) in [5.74, 6) is 0. The molecule has 0 saturated carbocycles. The van der Waals surface area contributed by atoms with Crippen molar-refractivity contribution in [1.29, 1.82) is 0 Å². The molecule has 5 nitrogen and oxygen atoms in total. The number of benzene rings is 5. The maximum Gasteiger partial charge on any atom is 0.115 e. The predicted molar refractivity (Wildman–Crippen MR) is 188 cm³/mol. The summed E-state index contributed by atoms with van der Waals surface area (Å²) in [6.07, 6.45) is 0.400. The van der Waals surface area contributed by atoms with Gasteiger partial charge in [0.1, 0.15) is 18.3 Å². The third-order valence-electron chi connectivity index (χ3n) is 7.95. The quantitative estimate of drug-likeness (QED) is 0.0880. The first kappa shape index (κ1) is 34.0. The molecule has 0 saturated heterocycles. The molecule has 5 aromatic rings. The van der Waals surface area contributed by atoms with Gasteiger partial charge >= 0.3 is 0 Å². The van der Waals surface area contributed by atoms with Gasteiger partial charge in [0.15, 0.2) is 0 Å². The molecule has 0 bridgehead atoms.